The van der Waals surface area contributed by atoms with Crippen molar-refractivity contribution in [3.63, 3.8) is 0 Å². The van der Waals surface area contributed by atoms with Crippen molar-refractivity contribution >= 4 is 11.1 Å². The molecule has 0 radical (unpaired) electrons. The van der Waals surface area contributed by atoms with Gasteiger partial charge in [-0.05, 0) is 66.2 Å². The van der Waals surface area contributed by atoms with E-state index >= 15 is 0 Å². The molecule has 3 rings (SSSR count). The molecule has 2 aromatic carbocycles. The van der Waals surface area contributed by atoms with Crippen LogP contribution in [0.1, 0.15) is 36.5 Å². The lowest BCUT2D eigenvalue weighted by Crippen LogP contribution is -1.92. The van der Waals surface area contributed by atoms with Gasteiger partial charge in [-0.3, -0.25) is 0 Å². The quantitative estimate of drug-likeness (QED) is 0.744. The molecule has 0 saturated carbocycles. The van der Waals surface area contributed by atoms with Crippen molar-refractivity contribution < 1.29 is 4.74 Å². The molecule has 0 atom stereocenters. The molecule has 1 heteroatoms. The Morgan fingerprint density at radius 3 is 2.50 bits per heavy atom. The van der Waals surface area contributed by atoms with Crippen LogP contribution in [0.25, 0.3) is 11.1 Å². The van der Waals surface area contributed by atoms with E-state index in [4.69, 9.17) is 4.74 Å². The Kier molecular flexibility index (Phi) is 3.60. The number of fused-ring (bicyclic) bond motifs is 1. The number of benzene rings is 2. The largest absolute Gasteiger partial charge is 0.497 e. The summed E-state index contributed by atoms with van der Waals surface area (Å²) in [5.74, 6) is 0.958. The summed E-state index contributed by atoms with van der Waals surface area (Å²) >= 11 is 0. The van der Waals surface area contributed by atoms with Crippen LogP contribution >= 0.6 is 0 Å². The standard InChI is InChI=1S/C19H20O/c1-14-18(15-7-4-3-5-8-15)10-6-9-16-13-17(20-2)11-12-19(14)16/h3-5,7-8,11-13H,6,9-10H2,1-2H3. The topological polar surface area (TPSA) is 9.23 Å². The maximum Gasteiger partial charge on any atom is 0.119 e. The normalized spacial score (nSPS) is 14.7. The van der Waals surface area contributed by atoms with Crippen LogP contribution in [0, 0.1) is 0 Å². The average molecular weight is 264 g/mol. The van der Waals surface area contributed by atoms with E-state index in [1.807, 2.05) is 0 Å². The fourth-order valence-corrected chi connectivity index (χ4v) is 3.08. The van der Waals surface area contributed by atoms with Crippen molar-refractivity contribution in [3.05, 3.63) is 65.2 Å². The van der Waals surface area contributed by atoms with Gasteiger partial charge in [-0.2, -0.15) is 0 Å². The van der Waals surface area contributed by atoms with E-state index in [0.717, 1.165) is 18.6 Å². The molecule has 0 heterocycles. The molecule has 20 heavy (non-hydrogen) atoms. The van der Waals surface area contributed by atoms with E-state index in [1.54, 1.807) is 7.11 Å². The molecular weight excluding hydrogens is 244 g/mol. The van der Waals surface area contributed by atoms with Gasteiger partial charge in [-0.25, -0.2) is 0 Å². The minimum atomic E-state index is 0.958. The molecule has 1 aliphatic carbocycles. The first-order valence-corrected chi connectivity index (χ1v) is 7.22. The van der Waals surface area contributed by atoms with Gasteiger partial charge in [0.1, 0.15) is 5.75 Å². The summed E-state index contributed by atoms with van der Waals surface area (Å²) in [6.45, 7) is 2.25. The zero-order valence-electron chi connectivity index (χ0n) is 12.1. The van der Waals surface area contributed by atoms with Crippen LogP contribution in [0.3, 0.4) is 0 Å². The molecule has 0 bridgehead atoms. The SMILES string of the molecule is COc1ccc2c(c1)CCCC(c1ccccc1)=C2C. The van der Waals surface area contributed by atoms with Gasteiger partial charge >= 0.3 is 0 Å². The van der Waals surface area contributed by atoms with Crippen LogP contribution < -0.4 is 4.74 Å². The Balaban J connectivity index is 2.11. The van der Waals surface area contributed by atoms with Crippen molar-refractivity contribution in [2.45, 2.75) is 26.2 Å². The number of aryl methyl sites for hydroxylation is 1. The Morgan fingerprint density at radius 1 is 0.950 bits per heavy atom. The average Bonchev–Trinajstić information content (AvgIpc) is 2.67. The molecule has 0 spiro atoms. The summed E-state index contributed by atoms with van der Waals surface area (Å²) in [6.07, 6.45) is 3.47. The number of hydrogen-bond donors (Lipinski definition) is 0. The van der Waals surface area contributed by atoms with Gasteiger partial charge in [0.25, 0.3) is 0 Å². The molecule has 0 unspecified atom stereocenters. The lowest BCUT2D eigenvalue weighted by molar-refractivity contribution is 0.414. The minimum absolute atomic E-state index is 0.958. The Hall–Kier alpha value is -2.02. The number of methoxy groups -OCH3 is 1. The maximum atomic E-state index is 5.35. The number of hydrogen-bond acceptors (Lipinski definition) is 1. The zero-order chi connectivity index (χ0) is 13.9. The molecule has 102 valence electrons. The molecule has 0 aromatic heterocycles. The molecule has 0 N–H and O–H groups in total. The maximum absolute atomic E-state index is 5.35. The van der Waals surface area contributed by atoms with E-state index in [1.165, 1.54) is 34.3 Å². The molecule has 0 amide bonds. The first-order chi connectivity index (χ1) is 9.79. The van der Waals surface area contributed by atoms with Crippen LogP contribution in [-0.4, -0.2) is 7.11 Å². The van der Waals surface area contributed by atoms with Crippen LogP contribution in [0.15, 0.2) is 48.5 Å². The van der Waals surface area contributed by atoms with Gasteiger partial charge in [0.15, 0.2) is 0 Å². The molecule has 0 aliphatic heterocycles. The Bertz CT molecular complexity index is 638. The lowest BCUT2D eigenvalue weighted by Gasteiger charge is -2.12. The van der Waals surface area contributed by atoms with Gasteiger partial charge in [0.05, 0.1) is 7.11 Å². The van der Waals surface area contributed by atoms with E-state index in [9.17, 15) is 0 Å². The van der Waals surface area contributed by atoms with Crippen molar-refractivity contribution in [1.82, 2.24) is 0 Å². The Morgan fingerprint density at radius 2 is 1.75 bits per heavy atom. The van der Waals surface area contributed by atoms with E-state index in [2.05, 4.69) is 55.5 Å². The van der Waals surface area contributed by atoms with E-state index in [-0.39, 0.29) is 0 Å². The molecule has 1 aliphatic rings. The predicted molar refractivity (Wildman–Crippen MR) is 84.9 cm³/mol. The number of allylic oxidation sites excluding steroid dienone is 2. The number of ether oxygens (including phenoxy) is 1. The summed E-state index contributed by atoms with van der Waals surface area (Å²) < 4.78 is 5.35. The second-order valence-electron chi connectivity index (χ2n) is 5.35. The molecule has 0 saturated heterocycles. The summed E-state index contributed by atoms with van der Waals surface area (Å²) in [7, 11) is 1.73. The van der Waals surface area contributed by atoms with Crippen molar-refractivity contribution in [2.24, 2.45) is 0 Å². The van der Waals surface area contributed by atoms with Crippen molar-refractivity contribution in [1.29, 1.82) is 0 Å². The highest BCUT2D eigenvalue weighted by molar-refractivity contribution is 5.91. The highest BCUT2D eigenvalue weighted by atomic mass is 16.5. The third-order valence-electron chi connectivity index (χ3n) is 4.16. The third-order valence-corrected chi connectivity index (χ3v) is 4.16. The summed E-state index contributed by atoms with van der Waals surface area (Å²) in [6, 6.07) is 17.2. The number of rotatable bonds is 2. The van der Waals surface area contributed by atoms with Crippen molar-refractivity contribution in [2.75, 3.05) is 7.11 Å². The second-order valence-corrected chi connectivity index (χ2v) is 5.35. The molecule has 2 aromatic rings. The van der Waals surface area contributed by atoms with Gasteiger partial charge in [0.2, 0.25) is 0 Å². The predicted octanol–water partition coefficient (Wildman–Crippen LogP) is 4.96. The summed E-state index contributed by atoms with van der Waals surface area (Å²) in [5, 5.41) is 0. The smallest absolute Gasteiger partial charge is 0.119 e. The summed E-state index contributed by atoms with van der Waals surface area (Å²) in [4.78, 5) is 0. The van der Waals surface area contributed by atoms with Gasteiger partial charge < -0.3 is 4.74 Å². The fraction of sp³-hybridized carbons (Fsp3) is 0.263. The fourth-order valence-electron chi connectivity index (χ4n) is 3.08. The third kappa shape index (κ3) is 2.36. The molecular formula is C19H20O. The van der Waals surface area contributed by atoms with Crippen LogP contribution in [0.2, 0.25) is 0 Å². The Labute approximate surface area is 120 Å². The van der Waals surface area contributed by atoms with Gasteiger partial charge in [0, 0.05) is 0 Å². The highest BCUT2D eigenvalue weighted by Crippen LogP contribution is 2.36. The first kappa shape index (κ1) is 13.0. The van der Waals surface area contributed by atoms with Crippen LogP contribution in [0.5, 0.6) is 5.75 Å². The first-order valence-electron chi connectivity index (χ1n) is 7.22. The monoisotopic (exact) mass is 264 g/mol. The minimum Gasteiger partial charge on any atom is -0.497 e. The molecule has 1 nitrogen and oxygen atoms in total. The van der Waals surface area contributed by atoms with Crippen molar-refractivity contribution in [3.8, 4) is 5.75 Å². The van der Waals surface area contributed by atoms with Gasteiger partial charge in [-0.1, -0.05) is 36.4 Å². The van der Waals surface area contributed by atoms with Crippen LogP contribution in [0.4, 0.5) is 0 Å². The summed E-state index contributed by atoms with van der Waals surface area (Å²) in [5.41, 5.74) is 7.03. The highest BCUT2D eigenvalue weighted by Gasteiger charge is 2.15. The zero-order valence-corrected chi connectivity index (χ0v) is 12.1. The van der Waals surface area contributed by atoms with E-state index in [0.29, 0.717) is 0 Å². The second kappa shape index (κ2) is 5.54. The van der Waals surface area contributed by atoms with E-state index < -0.39 is 0 Å². The molecule has 0 fully saturated rings. The van der Waals surface area contributed by atoms with Gasteiger partial charge in [-0.15, -0.1) is 0 Å². The van der Waals surface area contributed by atoms with Crippen LogP contribution in [-0.2, 0) is 6.42 Å². The lowest BCUT2D eigenvalue weighted by atomic mass is 9.94.